The highest BCUT2D eigenvalue weighted by molar-refractivity contribution is 6.74. The summed E-state index contributed by atoms with van der Waals surface area (Å²) in [6.07, 6.45) is 0. The first-order valence-corrected chi connectivity index (χ1v) is 8.35. The molecule has 102 valence electrons. The Bertz CT molecular complexity index is 401. The highest BCUT2D eigenvalue weighted by Crippen LogP contribution is 2.33. The van der Waals surface area contributed by atoms with Gasteiger partial charge in [0.15, 0.2) is 25.8 Å². The zero-order valence-corrected chi connectivity index (χ0v) is 12.1. The molecule has 1 N–H and O–H groups in total. The molecule has 0 unspecified atom stereocenters. The number of rotatable bonds is 4. The first kappa shape index (κ1) is 15.2. The van der Waals surface area contributed by atoms with Crippen LogP contribution in [0.25, 0.3) is 0 Å². The lowest BCUT2D eigenvalue weighted by atomic mass is 10.2. The summed E-state index contributed by atoms with van der Waals surface area (Å²) >= 11 is 0. The third-order valence-electron chi connectivity index (χ3n) is 3.53. The Kier molecular flexibility index (Phi) is 4.61. The van der Waals surface area contributed by atoms with Crippen LogP contribution in [0.5, 0.6) is 0 Å². The van der Waals surface area contributed by atoms with Gasteiger partial charge in [0.25, 0.3) is 0 Å². The van der Waals surface area contributed by atoms with Gasteiger partial charge in [0, 0.05) is 0 Å². The van der Waals surface area contributed by atoms with E-state index in [0.717, 1.165) is 12.1 Å². The van der Waals surface area contributed by atoms with Gasteiger partial charge in [-0.15, -0.1) is 0 Å². The van der Waals surface area contributed by atoms with Crippen LogP contribution in [0.15, 0.2) is 12.1 Å². The van der Waals surface area contributed by atoms with Crippen molar-refractivity contribution in [1.29, 1.82) is 0 Å². The predicted molar refractivity (Wildman–Crippen MR) is 68.2 cm³/mol. The van der Waals surface area contributed by atoms with E-state index in [0.29, 0.717) is 5.56 Å². The summed E-state index contributed by atoms with van der Waals surface area (Å²) in [4.78, 5) is 10.7. The average molecular weight is 276 g/mol. The molecule has 1 aromatic carbocycles. The van der Waals surface area contributed by atoms with E-state index < -0.39 is 25.8 Å². The van der Waals surface area contributed by atoms with E-state index >= 15 is 0 Å². The fraction of sp³-hybridized carbons (Fsp3) is 0.538. The maximum Gasteiger partial charge on any atom is 0.197 e. The number of hydrogen-bond donors (Lipinski definition) is 1. The van der Waals surface area contributed by atoms with Crippen molar-refractivity contribution in [3.8, 4) is 0 Å². The Labute approximate surface area is 107 Å². The van der Waals surface area contributed by atoms with E-state index in [-0.39, 0.29) is 17.1 Å². The minimum Gasteiger partial charge on any atom is -0.431 e. The molecular formula is C13H19F3OSi. The topological polar surface area (TPSA) is 20.2 Å². The van der Waals surface area contributed by atoms with E-state index in [1.807, 2.05) is 27.7 Å². The van der Waals surface area contributed by atoms with Gasteiger partial charge >= 0.3 is 0 Å². The average Bonchev–Trinajstić information content (AvgIpc) is 2.25. The molecule has 0 radical (unpaired) electrons. The van der Waals surface area contributed by atoms with Gasteiger partial charge in [-0.1, -0.05) is 27.7 Å². The van der Waals surface area contributed by atoms with Gasteiger partial charge in [0.05, 0.1) is 0 Å². The molecule has 1 nitrogen and oxygen atoms in total. The molecule has 0 bridgehead atoms. The van der Waals surface area contributed by atoms with Crippen molar-refractivity contribution < 1.29 is 18.0 Å². The Hall–Kier alpha value is -0.813. The third-order valence-corrected chi connectivity index (χ3v) is 8.50. The third kappa shape index (κ3) is 2.95. The van der Waals surface area contributed by atoms with Crippen LogP contribution in [0.1, 0.15) is 33.3 Å². The lowest BCUT2D eigenvalue weighted by Gasteiger charge is -2.33. The SMILES string of the molecule is CC(C)[Si](O)(Cc1cc(F)c(F)c(F)c1)C(C)C. The van der Waals surface area contributed by atoms with Crippen molar-refractivity contribution in [2.45, 2.75) is 44.8 Å². The molecular weight excluding hydrogens is 257 g/mol. The summed E-state index contributed by atoms with van der Waals surface area (Å²) in [7, 11) is -2.66. The second-order valence-corrected chi connectivity index (χ2v) is 10.00. The molecule has 0 aliphatic carbocycles. The molecule has 1 aromatic rings. The summed E-state index contributed by atoms with van der Waals surface area (Å²) in [5, 5.41) is 0. The molecule has 0 spiro atoms. The largest absolute Gasteiger partial charge is 0.431 e. The summed E-state index contributed by atoms with van der Waals surface area (Å²) in [6.45, 7) is 7.62. The van der Waals surface area contributed by atoms with Crippen LogP contribution in [-0.2, 0) is 6.04 Å². The zero-order valence-electron chi connectivity index (χ0n) is 11.1. The monoisotopic (exact) mass is 276 g/mol. The predicted octanol–water partition coefficient (Wildman–Crippen LogP) is 3.94. The molecule has 0 amide bonds. The number of hydrogen-bond acceptors (Lipinski definition) is 1. The van der Waals surface area contributed by atoms with Crippen molar-refractivity contribution in [2.24, 2.45) is 0 Å². The minimum absolute atomic E-state index is 0.0636. The Morgan fingerprint density at radius 1 is 1.00 bits per heavy atom. The lowest BCUT2D eigenvalue weighted by molar-refractivity contribution is 0.444. The van der Waals surface area contributed by atoms with Crippen LogP contribution in [-0.4, -0.2) is 13.1 Å². The van der Waals surface area contributed by atoms with Gasteiger partial charge < -0.3 is 4.80 Å². The van der Waals surface area contributed by atoms with Crippen LogP contribution in [0.4, 0.5) is 13.2 Å². The summed E-state index contributed by atoms with van der Waals surface area (Å²) in [5.41, 5.74) is 0.449. The second kappa shape index (κ2) is 5.44. The second-order valence-electron chi connectivity index (χ2n) is 5.35. The smallest absolute Gasteiger partial charge is 0.197 e. The van der Waals surface area contributed by atoms with Crippen molar-refractivity contribution in [2.75, 3.05) is 0 Å². The Morgan fingerprint density at radius 2 is 1.39 bits per heavy atom. The van der Waals surface area contributed by atoms with Crippen molar-refractivity contribution in [3.05, 3.63) is 35.1 Å². The first-order chi connectivity index (χ1) is 8.18. The van der Waals surface area contributed by atoms with Crippen molar-refractivity contribution in [1.82, 2.24) is 0 Å². The van der Waals surface area contributed by atoms with E-state index in [2.05, 4.69) is 0 Å². The molecule has 0 aliphatic rings. The Morgan fingerprint density at radius 3 is 1.72 bits per heavy atom. The van der Waals surface area contributed by atoms with Gasteiger partial charge in [-0.05, 0) is 34.8 Å². The normalized spacial score (nSPS) is 12.6. The maximum atomic E-state index is 13.1. The van der Waals surface area contributed by atoms with Gasteiger partial charge in [-0.25, -0.2) is 13.2 Å². The quantitative estimate of drug-likeness (QED) is 0.652. The fourth-order valence-corrected chi connectivity index (χ4v) is 5.12. The number of benzene rings is 1. The van der Waals surface area contributed by atoms with E-state index in [1.54, 1.807) is 0 Å². The number of halogens is 3. The molecule has 0 saturated carbocycles. The van der Waals surface area contributed by atoms with E-state index in [9.17, 15) is 18.0 Å². The van der Waals surface area contributed by atoms with Crippen LogP contribution >= 0.6 is 0 Å². The van der Waals surface area contributed by atoms with Crippen LogP contribution in [0.2, 0.25) is 11.1 Å². The van der Waals surface area contributed by atoms with Gasteiger partial charge in [-0.3, -0.25) is 0 Å². The highest BCUT2D eigenvalue weighted by Gasteiger charge is 2.38. The molecule has 0 aromatic heterocycles. The molecule has 1 rings (SSSR count). The van der Waals surface area contributed by atoms with E-state index in [4.69, 9.17) is 0 Å². The van der Waals surface area contributed by atoms with Gasteiger partial charge in [0.2, 0.25) is 0 Å². The van der Waals surface area contributed by atoms with Crippen molar-refractivity contribution >= 4 is 8.32 Å². The fourth-order valence-electron chi connectivity index (χ4n) is 2.11. The minimum atomic E-state index is -2.66. The first-order valence-electron chi connectivity index (χ1n) is 6.04. The maximum absolute atomic E-state index is 13.1. The van der Waals surface area contributed by atoms with Crippen LogP contribution in [0, 0.1) is 17.5 Å². The Balaban J connectivity index is 3.10. The van der Waals surface area contributed by atoms with Crippen molar-refractivity contribution in [3.63, 3.8) is 0 Å². The lowest BCUT2D eigenvalue weighted by Crippen LogP contribution is -2.44. The molecule has 5 heteroatoms. The zero-order chi connectivity index (χ0) is 14.1. The summed E-state index contributed by atoms with van der Waals surface area (Å²) < 4.78 is 39.1. The van der Waals surface area contributed by atoms with Crippen LogP contribution in [0.3, 0.4) is 0 Å². The standard InChI is InChI=1S/C13H19F3OSi/c1-8(2)18(17,9(3)4)7-10-5-11(14)13(16)12(15)6-10/h5-6,8-9,17H,7H2,1-4H3. The highest BCUT2D eigenvalue weighted by atomic mass is 28.4. The molecule has 0 aliphatic heterocycles. The molecule has 0 saturated heterocycles. The molecule has 18 heavy (non-hydrogen) atoms. The van der Waals surface area contributed by atoms with E-state index in [1.165, 1.54) is 0 Å². The summed E-state index contributed by atoms with van der Waals surface area (Å²) in [5.74, 6) is -3.86. The summed E-state index contributed by atoms with van der Waals surface area (Å²) in [6, 6.07) is 2.18. The van der Waals surface area contributed by atoms with Crippen LogP contribution < -0.4 is 0 Å². The molecule has 0 heterocycles. The van der Waals surface area contributed by atoms with Gasteiger partial charge in [0.1, 0.15) is 0 Å². The molecule has 0 fully saturated rings. The van der Waals surface area contributed by atoms with Gasteiger partial charge in [-0.2, -0.15) is 0 Å². The molecule has 0 atom stereocenters.